The molecule has 1 atom stereocenters. The second kappa shape index (κ2) is 5.27. The summed E-state index contributed by atoms with van der Waals surface area (Å²) in [6.07, 6.45) is 7.01. The smallest absolute Gasteiger partial charge is 0.00998 e. The summed E-state index contributed by atoms with van der Waals surface area (Å²) in [5.74, 6) is 2.03. The molecule has 2 aliphatic carbocycles. The van der Waals surface area contributed by atoms with Crippen molar-refractivity contribution in [3.05, 3.63) is 0 Å². The summed E-state index contributed by atoms with van der Waals surface area (Å²) in [6.45, 7) is 10.7. The molecule has 0 amide bonds. The van der Waals surface area contributed by atoms with Gasteiger partial charge in [0.05, 0.1) is 0 Å². The van der Waals surface area contributed by atoms with Crippen molar-refractivity contribution in [2.24, 2.45) is 23.0 Å². The molecule has 2 fully saturated rings. The summed E-state index contributed by atoms with van der Waals surface area (Å²) in [5, 5.41) is 0. The van der Waals surface area contributed by atoms with Gasteiger partial charge in [0.1, 0.15) is 0 Å². The molecule has 2 N–H and O–H groups in total. The summed E-state index contributed by atoms with van der Waals surface area (Å²) >= 11 is 0. The Kier molecular flexibility index (Phi) is 4.14. The Morgan fingerprint density at radius 1 is 1.06 bits per heavy atom. The highest BCUT2D eigenvalue weighted by molar-refractivity contribution is 4.84. The lowest BCUT2D eigenvalue weighted by atomic mass is 9.85. The fourth-order valence-corrected chi connectivity index (χ4v) is 2.34. The fraction of sp³-hybridized carbons (Fsp3) is 1.00. The van der Waals surface area contributed by atoms with Gasteiger partial charge in [-0.3, -0.25) is 0 Å². The number of nitrogens with zero attached hydrogens (tertiary/aromatic N) is 1. The van der Waals surface area contributed by atoms with Gasteiger partial charge in [-0.1, -0.05) is 20.8 Å². The molecule has 0 aromatic heterocycles. The Morgan fingerprint density at radius 3 is 1.88 bits per heavy atom. The van der Waals surface area contributed by atoms with Crippen LogP contribution in [0.3, 0.4) is 0 Å². The monoisotopic (exact) mass is 238 g/mol. The Morgan fingerprint density at radius 2 is 1.53 bits per heavy atom. The van der Waals surface area contributed by atoms with Crippen LogP contribution in [0.5, 0.6) is 0 Å². The van der Waals surface area contributed by atoms with Gasteiger partial charge in [-0.15, -0.1) is 0 Å². The van der Waals surface area contributed by atoms with Crippen LogP contribution >= 0.6 is 0 Å². The predicted octanol–water partition coefficient (Wildman–Crippen LogP) is 2.87. The van der Waals surface area contributed by atoms with Gasteiger partial charge in [0.15, 0.2) is 0 Å². The van der Waals surface area contributed by atoms with Gasteiger partial charge < -0.3 is 10.6 Å². The molecule has 0 heterocycles. The third kappa shape index (κ3) is 4.97. The lowest BCUT2D eigenvalue weighted by molar-refractivity contribution is 0.215. The Bertz CT molecular complexity index is 222. The average molecular weight is 238 g/mol. The molecule has 0 radical (unpaired) electrons. The predicted molar refractivity (Wildman–Crippen MR) is 73.9 cm³/mol. The van der Waals surface area contributed by atoms with Crippen LogP contribution in [0, 0.1) is 17.3 Å². The van der Waals surface area contributed by atoms with Crippen molar-refractivity contribution in [3.63, 3.8) is 0 Å². The van der Waals surface area contributed by atoms with E-state index in [0.717, 1.165) is 18.3 Å². The maximum Gasteiger partial charge on any atom is 0.00998 e. The van der Waals surface area contributed by atoms with Gasteiger partial charge in [0.2, 0.25) is 0 Å². The highest BCUT2D eigenvalue weighted by Crippen LogP contribution is 2.34. The molecule has 100 valence electrons. The third-order valence-electron chi connectivity index (χ3n) is 4.30. The van der Waals surface area contributed by atoms with Gasteiger partial charge in [-0.2, -0.15) is 0 Å². The number of rotatable bonds is 7. The van der Waals surface area contributed by atoms with Crippen molar-refractivity contribution < 1.29 is 0 Å². The van der Waals surface area contributed by atoms with Crippen molar-refractivity contribution in [1.82, 2.24) is 4.90 Å². The second-order valence-corrected chi connectivity index (χ2v) is 7.41. The van der Waals surface area contributed by atoms with E-state index in [0.29, 0.717) is 6.04 Å². The van der Waals surface area contributed by atoms with Gasteiger partial charge in [0, 0.05) is 19.1 Å². The first-order valence-electron chi connectivity index (χ1n) is 7.43. The van der Waals surface area contributed by atoms with Crippen molar-refractivity contribution in [2.45, 2.75) is 58.9 Å². The number of hydrogen-bond acceptors (Lipinski definition) is 2. The minimum Gasteiger partial charge on any atom is -0.327 e. The maximum atomic E-state index is 6.27. The Balaban J connectivity index is 1.71. The number of nitrogens with two attached hydrogens (primary N) is 1. The molecule has 2 heteroatoms. The van der Waals surface area contributed by atoms with E-state index < -0.39 is 0 Å². The van der Waals surface area contributed by atoms with E-state index in [1.165, 1.54) is 45.3 Å². The van der Waals surface area contributed by atoms with Crippen LogP contribution in [0.2, 0.25) is 0 Å². The molecule has 2 saturated carbocycles. The van der Waals surface area contributed by atoms with Crippen LogP contribution < -0.4 is 5.73 Å². The second-order valence-electron chi connectivity index (χ2n) is 7.41. The van der Waals surface area contributed by atoms with Crippen LogP contribution in [-0.2, 0) is 0 Å². The van der Waals surface area contributed by atoms with Crippen LogP contribution in [-0.4, -0.2) is 30.6 Å². The zero-order valence-electron chi connectivity index (χ0n) is 11.9. The van der Waals surface area contributed by atoms with E-state index in [1.54, 1.807) is 0 Å². The minimum absolute atomic E-state index is 0.255. The van der Waals surface area contributed by atoms with E-state index >= 15 is 0 Å². The van der Waals surface area contributed by atoms with Crippen molar-refractivity contribution >= 4 is 0 Å². The molecule has 2 aliphatic rings. The zero-order chi connectivity index (χ0) is 12.5. The van der Waals surface area contributed by atoms with Gasteiger partial charge in [0.25, 0.3) is 0 Å². The lowest BCUT2D eigenvalue weighted by Crippen LogP contribution is -2.39. The van der Waals surface area contributed by atoms with E-state index in [4.69, 9.17) is 5.73 Å². The van der Waals surface area contributed by atoms with E-state index in [-0.39, 0.29) is 5.41 Å². The fourth-order valence-electron chi connectivity index (χ4n) is 2.34. The Labute approximate surface area is 107 Å². The van der Waals surface area contributed by atoms with E-state index in [1.807, 2.05) is 0 Å². The van der Waals surface area contributed by atoms with Gasteiger partial charge in [-0.05, 0) is 55.9 Å². The summed E-state index contributed by atoms with van der Waals surface area (Å²) in [6, 6.07) is 0.336. The Hall–Kier alpha value is -0.0800. The molecule has 2 nitrogen and oxygen atoms in total. The molecule has 0 spiro atoms. The molecule has 2 rings (SSSR count). The summed E-state index contributed by atoms with van der Waals surface area (Å²) < 4.78 is 0. The third-order valence-corrected chi connectivity index (χ3v) is 4.30. The van der Waals surface area contributed by atoms with Crippen LogP contribution in [0.4, 0.5) is 0 Å². The highest BCUT2D eigenvalue weighted by Gasteiger charge is 2.30. The zero-order valence-corrected chi connectivity index (χ0v) is 11.9. The van der Waals surface area contributed by atoms with Crippen molar-refractivity contribution in [2.75, 3.05) is 19.6 Å². The summed E-state index contributed by atoms with van der Waals surface area (Å²) in [4.78, 5) is 2.70. The average Bonchev–Trinajstić information content (AvgIpc) is 3.06. The first-order chi connectivity index (χ1) is 7.95. The van der Waals surface area contributed by atoms with E-state index in [9.17, 15) is 0 Å². The molecule has 0 bridgehead atoms. The molecular weight excluding hydrogens is 208 g/mol. The lowest BCUT2D eigenvalue weighted by Gasteiger charge is -2.30. The number of hydrogen-bond donors (Lipinski definition) is 1. The normalized spacial score (nSPS) is 23.1. The first-order valence-corrected chi connectivity index (χ1v) is 7.43. The van der Waals surface area contributed by atoms with Crippen molar-refractivity contribution in [1.29, 1.82) is 0 Å². The highest BCUT2D eigenvalue weighted by atomic mass is 15.1. The summed E-state index contributed by atoms with van der Waals surface area (Å²) in [5.41, 5.74) is 6.52. The summed E-state index contributed by atoms with van der Waals surface area (Å²) in [7, 11) is 0. The molecule has 0 aliphatic heterocycles. The SMILES string of the molecule is CC(C)(C)C(N)CCN(CC1CC1)CC1CC1. The van der Waals surface area contributed by atoms with Crippen LogP contribution in [0.1, 0.15) is 52.9 Å². The molecular formula is C15H30N2. The van der Waals surface area contributed by atoms with Crippen molar-refractivity contribution in [3.8, 4) is 0 Å². The largest absolute Gasteiger partial charge is 0.327 e. The molecule has 0 aromatic carbocycles. The topological polar surface area (TPSA) is 29.3 Å². The van der Waals surface area contributed by atoms with Crippen LogP contribution in [0.25, 0.3) is 0 Å². The van der Waals surface area contributed by atoms with Crippen LogP contribution in [0.15, 0.2) is 0 Å². The maximum absolute atomic E-state index is 6.27. The molecule has 17 heavy (non-hydrogen) atoms. The van der Waals surface area contributed by atoms with Gasteiger partial charge >= 0.3 is 0 Å². The van der Waals surface area contributed by atoms with E-state index in [2.05, 4.69) is 25.7 Å². The minimum atomic E-state index is 0.255. The molecule has 1 unspecified atom stereocenters. The standard InChI is InChI=1S/C15H30N2/c1-15(2,3)14(16)8-9-17(10-12-4-5-12)11-13-6-7-13/h12-14H,4-11,16H2,1-3H3. The quantitative estimate of drug-likeness (QED) is 0.739. The van der Waals surface area contributed by atoms with Gasteiger partial charge in [-0.25, -0.2) is 0 Å². The first kappa shape index (κ1) is 13.4. The molecule has 0 aromatic rings. The molecule has 0 saturated heterocycles.